The van der Waals surface area contributed by atoms with Crippen LogP contribution in [0.15, 0.2) is 35.7 Å². The predicted octanol–water partition coefficient (Wildman–Crippen LogP) is 2.93. The minimum Gasteiger partial charge on any atom is -0.495 e. The Morgan fingerprint density at radius 3 is 2.83 bits per heavy atom. The zero-order chi connectivity index (χ0) is 21.7. The third-order valence-corrected chi connectivity index (χ3v) is 6.09. The standard InChI is InChI=1S/C21H24ClN3O4S/c1-3-24(13-19(26)23-11-16-5-4-8-30-16)21(28)14-9-20(27)25(12-14)17-10-15(22)6-7-18(17)29-2/h4-8,10,14H,3,9,11-13H2,1-2H3,(H,23,26)/t14-/m0/s1. The van der Waals surface area contributed by atoms with Gasteiger partial charge in [0, 0.05) is 29.4 Å². The van der Waals surface area contributed by atoms with Crippen LogP contribution in [0, 0.1) is 5.92 Å². The van der Waals surface area contributed by atoms with Crippen LogP contribution >= 0.6 is 22.9 Å². The SMILES string of the molecule is CCN(CC(=O)NCc1cccs1)C(=O)[C@H]1CC(=O)N(c2cc(Cl)ccc2OC)C1. The van der Waals surface area contributed by atoms with E-state index in [1.165, 1.54) is 16.9 Å². The minimum absolute atomic E-state index is 0.0358. The Kier molecular flexibility index (Phi) is 7.33. The van der Waals surface area contributed by atoms with Gasteiger partial charge < -0.3 is 19.9 Å². The smallest absolute Gasteiger partial charge is 0.239 e. The summed E-state index contributed by atoms with van der Waals surface area (Å²) in [5, 5.41) is 5.25. The second-order valence-electron chi connectivity index (χ2n) is 6.93. The molecule has 1 aliphatic rings. The maximum atomic E-state index is 13.0. The van der Waals surface area contributed by atoms with Gasteiger partial charge in [0.1, 0.15) is 5.75 Å². The summed E-state index contributed by atoms with van der Waals surface area (Å²) in [6.45, 7) is 2.83. The van der Waals surface area contributed by atoms with E-state index in [0.717, 1.165) is 4.88 Å². The zero-order valence-corrected chi connectivity index (χ0v) is 18.5. The van der Waals surface area contributed by atoms with E-state index >= 15 is 0 Å². The first-order valence-electron chi connectivity index (χ1n) is 9.64. The van der Waals surface area contributed by atoms with Gasteiger partial charge in [-0.2, -0.15) is 0 Å². The van der Waals surface area contributed by atoms with E-state index in [9.17, 15) is 14.4 Å². The number of anilines is 1. The van der Waals surface area contributed by atoms with Crippen LogP contribution in [0.2, 0.25) is 5.02 Å². The third kappa shape index (κ3) is 5.12. The highest BCUT2D eigenvalue weighted by Gasteiger charge is 2.38. The molecule has 0 spiro atoms. The molecule has 1 aromatic heterocycles. The minimum atomic E-state index is -0.522. The Hall–Kier alpha value is -2.58. The zero-order valence-electron chi connectivity index (χ0n) is 16.9. The molecule has 1 fully saturated rings. The molecule has 0 aliphatic carbocycles. The van der Waals surface area contributed by atoms with Crippen molar-refractivity contribution in [3.05, 3.63) is 45.6 Å². The molecule has 7 nitrogen and oxygen atoms in total. The number of hydrogen-bond donors (Lipinski definition) is 1. The lowest BCUT2D eigenvalue weighted by Crippen LogP contribution is -2.43. The molecule has 9 heteroatoms. The number of benzene rings is 1. The highest BCUT2D eigenvalue weighted by Crippen LogP contribution is 2.35. The van der Waals surface area contributed by atoms with Crippen molar-refractivity contribution in [2.75, 3.05) is 31.6 Å². The second-order valence-corrected chi connectivity index (χ2v) is 8.40. The van der Waals surface area contributed by atoms with Crippen molar-refractivity contribution in [1.82, 2.24) is 10.2 Å². The second kappa shape index (κ2) is 9.95. The summed E-state index contributed by atoms with van der Waals surface area (Å²) in [4.78, 5) is 42.0. The number of carbonyl (C=O) groups excluding carboxylic acids is 3. The highest BCUT2D eigenvalue weighted by molar-refractivity contribution is 7.09. The molecule has 3 amide bonds. The van der Waals surface area contributed by atoms with Crippen LogP contribution < -0.4 is 15.0 Å². The van der Waals surface area contributed by atoms with Gasteiger partial charge in [0.25, 0.3) is 0 Å². The largest absolute Gasteiger partial charge is 0.495 e. The molecule has 30 heavy (non-hydrogen) atoms. The van der Waals surface area contributed by atoms with E-state index in [0.29, 0.717) is 29.5 Å². The van der Waals surface area contributed by atoms with Gasteiger partial charge in [0.15, 0.2) is 0 Å². The number of nitrogens with one attached hydrogen (secondary N) is 1. The van der Waals surface area contributed by atoms with E-state index in [1.807, 2.05) is 24.4 Å². The number of nitrogens with zero attached hydrogens (tertiary/aromatic N) is 2. The number of likely N-dealkylation sites (N-methyl/N-ethyl adjacent to an activating group) is 1. The summed E-state index contributed by atoms with van der Waals surface area (Å²) < 4.78 is 5.34. The number of halogens is 1. The first-order chi connectivity index (χ1) is 14.4. The molecule has 1 atom stereocenters. The lowest BCUT2D eigenvalue weighted by molar-refractivity contribution is -0.139. The Labute approximate surface area is 184 Å². The Bertz CT molecular complexity index is 919. The number of ether oxygens (including phenoxy) is 1. The molecule has 1 saturated heterocycles. The molecule has 0 radical (unpaired) electrons. The quantitative estimate of drug-likeness (QED) is 0.672. The van der Waals surface area contributed by atoms with Crippen LogP contribution in [0.5, 0.6) is 5.75 Å². The number of carbonyl (C=O) groups is 3. The van der Waals surface area contributed by atoms with Crippen molar-refractivity contribution in [2.45, 2.75) is 19.9 Å². The highest BCUT2D eigenvalue weighted by atomic mass is 35.5. The predicted molar refractivity (Wildman–Crippen MR) is 117 cm³/mol. The maximum absolute atomic E-state index is 13.0. The molecule has 0 unspecified atom stereocenters. The average Bonchev–Trinajstić information content (AvgIpc) is 3.39. The summed E-state index contributed by atoms with van der Waals surface area (Å²) in [5.41, 5.74) is 0.544. The van der Waals surface area contributed by atoms with Crippen LogP contribution in [-0.2, 0) is 20.9 Å². The van der Waals surface area contributed by atoms with Crippen molar-refractivity contribution in [2.24, 2.45) is 5.92 Å². The summed E-state index contributed by atoms with van der Waals surface area (Å²) in [7, 11) is 1.52. The summed E-state index contributed by atoms with van der Waals surface area (Å²) >= 11 is 7.64. The lowest BCUT2D eigenvalue weighted by Gasteiger charge is -2.24. The molecule has 2 heterocycles. The van der Waals surface area contributed by atoms with Gasteiger partial charge in [-0.15, -0.1) is 11.3 Å². The van der Waals surface area contributed by atoms with Crippen molar-refractivity contribution in [1.29, 1.82) is 0 Å². The van der Waals surface area contributed by atoms with Gasteiger partial charge >= 0.3 is 0 Å². The topological polar surface area (TPSA) is 79.0 Å². The molecule has 1 aromatic carbocycles. The van der Waals surface area contributed by atoms with Crippen LogP contribution in [0.3, 0.4) is 0 Å². The van der Waals surface area contributed by atoms with Gasteiger partial charge in [0.05, 0.1) is 31.8 Å². The number of amides is 3. The molecule has 3 rings (SSSR count). The van der Waals surface area contributed by atoms with Crippen molar-refractivity contribution in [3.8, 4) is 5.75 Å². The van der Waals surface area contributed by atoms with Gasteiger partial charge in [-0.3, -0.25) is 14.4 Å². The van der Waals surface area contributed by atoms with E-state index in [2.05, 4.69) is 5.32 Å². The van der Waals surface area contributed by atoms with Crippen LogP contribution in [0.25, 0.3) is 0 Å². The number of rotatable bonds is 8. The number of hydrogen-bond acceptors (Lipinski definition) is 5. The van der Waals surface area contributed by atoms with Crippen molar-refractivity contribution in [3.63, 3.8) is 0 Å². The monoisotopic (exact) mass is 449 g/mol. The van der Waals surface area contributed by atoms with E-state index in [1.54, 1.807) is 29.5 Å². The molecule has 1 N–H and O–H groups in total. The van der Waals surface area contributed by atoms with Crippen LogP contribution in [0.1, 0.15) is 18.2 Å². The first-order valence-corrected chi connectivity index (χ1v) is 10.9. The molecular weight excluding hydrogens is 426 g/mol. The average molecular weight is 450 g/mol. The molecular formula is C21H24ClN3O4S. The summed E-state index contributed by atoms with van der Waals surface area (Å²) in [6.07, 6.45) is 0.0851. The maximum Gasteiger partial charge on any atom is 0.239 e. The van der Waals surface area contributed by atoms with Crippen LogP contribution in [0.4, 0.5) is 5.69 Å². The molecule has 160 valence electrons. The van der Waals surface area contributed by atoms with Gasteiger partial charge in [-0.1, -0.05) is 17.7 Å². The van der Waals surface area contributed by atoms with Crippen LogP contribution in [-0.4, -0.2) is 49.4 Å². The first kappa shape index (κ1) is 22.1. The van der Waals surface area contributed by atoms with E-state index in [4.69, 9.17) is 16.3 Å². The van der Waals surface area contributed by atoms with Crippen molar-refractivity contribution >= 4 is 46.3 Å². The fraction of sp³-hybridized carbons (Fsp3) is 0.381. The fourth-order valence-corrected chi connectivity index (χ4v) is 4.22. The number of thiophene rings is 1. The third-order valence-electron chi connectivity index (χ3n) is 4.97. The Morgan fingerprint density at radius 1 is 1.37 bits per heavy atom. The molecule has 1 aliphatic heterocycles. The lowest BCUT2D eigenvalue weighted by atomic mass is 10.1. The molecule has 2 aromatic rings. The number of methoxy groups -OCH3 is 1. The normalized spacial score (nSPS) is 15.9. The van der Waals surface area contributed by atoms with Crippen molar-refractivity contribution < 1.29 is 19.1 Å². The Morgan fingerprint density at radius 2 is 2.17 bits per heavy atom. The Balaban J connectivity index is 1.63. The van der Waals surface area contributed by atoms with Gasteiger partial charge in [-0.25, -0.2) is 0 Å². The summed E-state index contributed by atoms with van der Waals surface area (Å²) in [5.74, 6) is -0.614. The molecule has 0 saturated carbocycles. The fourth-order valence-electron chi connectivity index (χ4n) is 3.41. The molecule has 0 bridgehead atoms. The van der Waals surface area contributed by atoms with E-state index < -0.39 is 5.92 Å². The summed E-state index contributed by atoms with van der Waals surface area (Å²) in [6, 6.07) is 8.89. The van der Waals surface area contributed by atoms with E-state index in [-0.39, 0.29) is 37.2 Å². The van der Waals surface area contributed by atoms with Gasteiger partial charge in [-0.05, 0) is 36.6 Å². The van der Waals surface area contributed by atoms with Gasteiger partial charge in [0.2, 0.25) is 17.7 Å².